The Morgan fingerprint density at radius 3 is 2.40 bits per heavy atom. The molecule has 1 atom stereocenters. The number of halogens is 1. The Bertz CT molecular complexity index is 620. The molecule has 25 heavy (non-hydrogen) atoms. The van der Waals surface area contributed by atoms with Gasteiger partial charge in [-0.3, -0.25) is 14.5 Å². The number of amides is 1. The summed E-state index contributed by atoms with van der Waals surface area (Å²) in [5.74, 6) is -1.08. The van der Waals surface area contributed by atoms with E-state index in [1.165, 1.54) is 12.1 Å². The molecule has 0 bridgehead atoms. The van der Waals surface area contributed by atoms with Gasteiger partial charge < -0.3 is 14.7 Å². The highest BCUT2D eigenvalue weighted by atomic mass is 19.1. The molecule has 0 spiro atoms. The van der Waals surface area contributed by atoms with E-state index in [0.29, 0.717) is 52.0 Å². The fraction of sp³-hybridized carbons (Fsp3) is 0.556. The van der Waals surface area contributed by atoms with Gasteiger partial charge in [-0.15, -0.1) is 0 Å². The Morgan fingerprint density at radius 2 is 1.84 bits per heavy atom. The number of nitrogens with zero attached hydrogens (tertiary/aromatic N) is 2. The number of carbonyl (C=O) groups excluding carboxylic acids is 1. The number of carboxylic acids is 1. The quantitative estimate of drug-likeness (QED) is 0.863. The first-order valence-corrected chi connectivity index (χ1v) is 8.60. The maximum atomic E-state index is 12.9. The smallest absolute Gasteiger partial charge is 0.326 e. The summed E-state index contributed by atoms with van der Waals surface area (Å²) >= 11 is 0. The Hall–Kier alpha value is -1.99. The molecule has 1 aromatic rings. The van der Waals surface area contributed by atoms with Gasteiger partial charge in [-0.2, -0.15) is 0 Å². The second-order valence-corrected chi connectivity index (χ2v) is 6.63. The average molecular weight is 350 g/mol. The van der Waals surface area contributed by atoms with Crippen LogP contribution < -0.4 is 0 Å². The van der Waals surface area contributed by atoms with Crippen molar-refractivity contribution in [1.82, 2.24) is 9.80 Å². The summed E-state index contributed by atoms with van der Waals surface area (Å²) in [6.07, 6.45) is 1.44. The molecule has 2 saturated heterocycles. The minimum atomic E-state index is -0.941. The highest BCUT2D eigenvalue weighted by Gasteiger charge is 2.48. The molecule has 2 fully saturated rings. The summed E-state index contributed by atoms with van der Waals surface area (Å²) in [4.78, 5) is 27.8. The third-order valence-electron chi connectivity index (χ3n) is 5.18. The molecule has 136 valence electrons. The molecular formula is C18H23FN2O4. The Labute approximate surface area is 146 Å². The van der Waals surface area contributed by atoms with Crippen LogP contribution >= 0.6 is 0 Å². The molecular weight excluding hydrogens is 327 g/mol. The van der Waals surface area contributed by atoms with Crippen molar-refractivity contribution in [1.29, 1.82) is 0 Å². The van der Waals surface area contributed by atoms with Crippen LogP contribution in [0.4, 0.5) is 4.39 Å². The van der Waals surface area contributed by atoms with Gasteiger partial charge in [0.15, 0.2) is 0 Å². The van der Waals surface area contributed by atoms with Gasteiger partial charge in [0.2, 0.25) is 5.91 Å². The van der Waals surface area contributed by atoms with Crippen molar-refractivity contribution in [2.45, 2.75) is 24.8 Å². The molecule has 0 aromatic heterocycles. The monoisotopic (exact) mass is 350 g/mol. The molecule has 2 heterocycles. The van der Waals surface area contributed by atoms with Crippen LogP contribution in [0.5, 0.6) is 0 Å². The van der Waals surface area contributed by atoms with Crippen LogP contribution in [0.15, 0.2) is 24.3 Å². The van der Waals surface area contributed by atoms with Gasteiger partial charge in [0.1, 0.15) is 11.4 Å². The Balaban J connectivity index is 1.50. The maximum absolute atomic E-state index is 12.9. The fourth-order valence-electron chi connectivity index (χ4n) is 3.55. The van der Waals surface area contributed by atoms with E-state index in [4.69, 9.17) is 4.74 Å². The number of rotatable bonds is 5. The first-order valence-electron chi connectivity index (χ1n) is 8.60. The first kappa shape index (κ1) is 17.8. The van der Waals surface area contributed by atoms with Crippen molar-refractivity contribution in [2.24, 2.45) is 0 Å². The molecule has 3 rings (SSSR count). The number of hydrogen-bond donors (Lipinski definition) is 1. The van der Waals surface area contributed by atoms with Crippen molar-refractivity contribution in [2.75, 3.05) is 39.4 Å². The van der Waals surface area contributed by atoms with Gasteiger partial charge in [-0.25, -0.2) is 4.39 Å². The summed E-state index contributed by atoms with van der Waals surface area (Å²) in [6.45, 7) is 2.80. The molecule has 0 saturated carbocycles. The molecule has 2 aliphatic rings. The van der Waals surface area contributed by atoms with Gasteiger partial charge in [-0.05, 0) is 24.1 Å². The Kier molecular flexibility index (Phi) is 5.34. The minimum Gasteiger partial charge on any atom is -0.480 e. The van der Waals surface area contributed by atoms with Crippen molar-refractivity contribution in [3.05, 3.63) is 35.6 Å². The highest BCUT2D eigenvalue weighted by molar-refractivity contribution is 5.80. The van der Waals surface area contributed by atoms with E-state index >= 15 is 0 Å². The summed E-state index contributed by atoms with van der Waals surface area (Å²) in [7, 11) is 0. The number of hydrogen-bond acceptors (Lipinski definition) is 4. The third-order valence-corrected chi connectivity index (χ3v) is 5.18. The van der Waals surface area contributed by atoms with Gasteiger partial charge in [0.05, 0.1) is 6.61 Å². The molecule has 1 unspecified atom stereocenters. The zero-order valence-electron chi connectivity index (χ0n) is 14.1. The molecule has 0 radical (unpaired) electrons. The molecule has 1 amide bonds. The zero-order valence-corrected chi connectivity index (χ0v) is 14.1. The van der Waals surface area contributed by atoms with Gasteiger partial charge in [0.25, 0.3) is 0 Å². The number of piperazine rings is 1. The van der Waals surface area contributed by atoms with Crippen molar-refractivity contribution in [3.8, 4) is 0 Å². The van der Waals surface area contributed by atoms with E-state index in [0.717, 1.165) is 5.56 Å². The van der Waals surface area contributed by atoms with E-state index in [1.807, 2.05) is 4.90 Å². The van der Waals surface area contributed by atoms with Gasteiger partial charge >= 0.3 is 5.97 Å². The van der Waals surface area contributed by atoms with Crippen LogP contribution in [0.3, 0.4) is 0 Å². The van der Waals surface area contributed by atoms with E-state index in [-0.39, 0.29) is 18.3 Å². The van der Waals surface area contributed by atoms with Gasteiger partial charge in [-0.1, -0.05) is 12.1 Å². The molecule has 2 aliphatic heterocycles. The molecule has 0 aliphatic carbocycles. The minimum absolute atomic E-state index is 0.0519. The lowest BCUT2D eigenvalue weighted by Gasteiger charge is -2.42. The van der Waals surface area contributed by atoms with E-state index in [9.17, 15) is 19.1 Å². The number of ether oxygens (including phenoxy) is 1. The number of aryl methyl sites for hydroxylation is 1. The maximum Gasteiger partial charge on any atom is 0.326 e. The van der Waals surface area contributed by atoms with Crippen LogP contribution in [0.2, 0.25) is 0 Å². The van der Waals surface area contributed by atoms with E-state index < -0.39 is 11.5 Å². The zero-order chi connectivity index (χ0) is 17.9. The molecule has 7 heteroatoms. The topological polar surface area (TPSA) is 70.1 Å². The van der Waals surface area contributed by atoms with E-state index in [1.54, 1.807) is 17.0 Å². The fourth-order valence-corrected chi connectivity index (χ4v) is 3.55. The van der Waals surface area contributed by atoms with Gasteiger partial charge in [0, 0.05) is 45.6 Å². The standard InChI is InChI=1S/C18H23FN2O4/c19-15-4-1-14(2-5-15)3-6-16(22)20-8-10-21(11-9-20)18(17(23)24)7-12-25-13-18/h1-2,4-5H,3,6-13H2,(H,23,24). The summed E-state index contributed by atoms with van der Waals surface area (Å²) in [6, 6.07) is 6.18. The summed E-state index contributed by atoms with van der Waals surface area (Å²) in [5.41, 5.74) is -0.00944. The lowest BCUT2D eigenvalue weighted by atomic mass is 9.95. The average Bonchev–Trinajstić information content (AvgIpc) is 3.12. The van der Waals surface area contributed by atoms with Crippen molar-refractivity contribution < 1.29 is 23.8 Å². The van der Waals surface area contributed by atoms with Crippen LogP contribution in [-0.2, 0) is 20.7 Å². The summed E-state index contributed by atoms with van der Waals surface area (Å²) < 4.78 is 18.2. The lowest BCUT2D eigenvalue weighted by Crippen LogP contribution is -2.61. The largest absolute Gasteiger partial charge is 0.480 e. The molecule has 6 nitrogen and oxygen atoms in total. The molecule has 1 aromatic carbocycles. The lowest BCUT2D eigenvalue weighted by molar-refractivity contribution is -0.154. The first-order chi connectivity index (χ1) is 12.0. The second kappa shape index (κ2) is 7.49. The third kappa shape index (κ3) is 3.82. The normalized spacial score (nSPS) is 24.4. The SMILES string of the molecule is O=C(CCc1ccc(F)cc1)N1CCN(C2(C(=O)O)CCOC2)CC1. The Morgan fingerprint density at radius 1 is 1.16 bits per heavy atom. The van der Waals surface area contributed by atoms with Crippen molar-refractivity contribution in [3.63, 3.8) is 0 Å². The predicted molar refractivity (Wildman–Crippen MR) is 88.7 cm³/mol. The number of aliphatic carboxylic acids is 1. The van der Waals surface area contributed by atoms with Crippen LogP contribution in [0.1, 0.15) is 18.4 Å². The van der Waals surface area contributed by atoms with Crippen LogP contribution in [0, 0.1) is 5.82 Å². The second-order valence-electron chi connectivity index (χ2n) is 6.63. The van der Waals surface area contributed by atoms with Crippen LogP contribution in [0.25, 0.3) is 0 Å². The van der Waals surface area contributed by atoms with E-state index in [2.05, 4.69) is 0 Å². The number of benzene rings is 1. The number of carboxylic acid groups (broad SMARTS) is 1. The summed E-state index contributed by atoms with van der Waals surface area (Å²) in [5, 5.41) is 9.59. The van der Waals surface area contributed by atoms with Crippen molar-refractivity contribution >= 4 is 11.9 Å². The highest BCUT2D eigenvalue weighted by Crippen LogP contribution is 2.28. The van der Waals surface area contributed by atoms with Crippen LogP contribution in [-0.4, -0.2) is 71.7 Å². The number of carbonyl (C=O) groups is 2. The predicted octanol–water partition coefficient (Wildman–Crippen LogP) is 1.15. The molecule has 1 N–H and O–H groups in total.